The van der Waals surface area contributed by atoms with Crippen LogP contribution in [0.3, 0.4) is 0 Å². The van der Waals surface area contributed by atoms with Crippen LogP contribution in [0.5, 0.6) is 5.75 Å². The highest BCUT2D eigenvalue weighted by atomic mass is 32.1. The van der Waals surface area contributed by atoms with Gasteiger partial charge in [0.25, 0.3) is 0 Å². The first-order chi connectivity index (χ1) is 10.2. The Morgan fingerprint density at radius 2 is 2.00 bits per heavy atom. The lowest BCUT2D eigenvalue weighted by molar-refractivity contribution is 0.0526. The predicted molar refractivity (Wildman–Crippen MR) is 82.8 cm³/mol. The monoisotopic (exact) mass is 305 g/mol. The van der Waals surface area contributed by atoms with Gasteiger partial charge in [0.15, 0.2) is 0 Å². The second-order valence-corrected chi connectivity index (χ2v) is 5.46. The van der Waals surface area contributed by atoms with Crippen molar-refractivity contribution in [2.45, 2.75) is 33.3 Å². The van der Waals surface area contributed by atoms with Gasteiger partial charge in [0.1, 0.15) is 12.4 Å². The number of aromatic nitrogens is 1. The van der Waals surface area contributed by atoms with Crippen molar-refractivity contribution in [3.8, 4) is 5.75 Å². The van der Waals surface area contributed by atoms with E-state index in [0.29, 0.717) is 24.5 Å². The second-order valence-electron chi connectivity index (χ2n) is 4.52. The Hall–Kier alpha value is -1.88. The number of rotatable bonds is 7. The molecular weight excluding hydrogens is 286 g/mol. The number of benzene rings is 1. The van der Waals surface area contributed by atoms with Crippen LogP contribution in [0, 0.1) is 0 Å². The van der Waals surface area contributed by atoms with Crippen LogP contribution in [0.4, 0.5) is 0 Å². The van der Waals surface area contributed by atoms with Crippen molar-refractivity contribution in [2.75, 3.05) is 6.61 Å². The molecule has 0 radical (unpaired) electrons. The number of esters is 1. The molecule has 2 rings (SSSR count). The maximum absolute atomic E-state index is 11.5. The summed E-state index contributed by atoms with van der Waals surface area (Å²) in [5.41, 5.74) is 1.47. The van der Waals surface area contributed by atoms with Gasteiger partial charge in [-0.25, -0.2) is 9.78 Å². The maximum Gasteiger partial charge on any atom is 0.338 e. The van der Waals surface area contributed by atoms with Gasteiger partial charge in [-0.15, -0.1) is 11.3 Å². The molecule has 0 fully saturated rings. The molecule has 0 unspecified atom stereocenters. The molecule has 0 amide bonds. The van der Waals surface area contributed by atoms with E-state index < -0.39 is 0 Å². The number of carbonyl (C=O) groups is 1. The minimum atomic E-state index is -0.312. The van der Waals surface area contributed by atoms with Crippen LogP contribution in [0.1, 0.15) is 41.3 Å². The second kappa shape index (κ2) is 7.78. The fourth-order valence-corrected chi connectivity index (χ4v) is 2.69. The molecule has 0 spiro atoms. The van der Waals surface area contributed by atoms with Crippen LogP contribution in [-0.4, -0.2) is 17.6 Å². The van der Waals surface area contributed by atoms with Crippen molar-refractivity contribution in [2.24, 2.45) is 0 Å². The van der Waals surface area contributed by atoms with Gasteiger partial charge in [0.2, 0.25) is 0 Å². The molecule has 21 heavy (non-hydrogen) atoms. The van der Waals surface area contributed by atoms with E-state index in [0.717, 1.165) is 23.5 Å². The fourth-order valence-electron chi connectivity index (χ4n) is 1.80. The van der Waals surface area contributed by atoms with E-state index in [1.807, 2.05) is 5.38 Å². The molecule has 5 heteroatoms. The summed E-state index contributed by atoms with van der Waals surface area (Å²) < 4.78 is 10.6. The number of carbonyl (C=O) groups excluding carboxylic acids is 1. The molecule has 1 aromatic carbocycles. The zero-order chi connectivity index (χ0) is 15.1. The molecule has 0 saturated carbocycles. The molecule has 0 atom stereocenters. The summed E-state index contributed by atoms with van der Waals surface area (Å²) in [7, 11) is 0. The molecule has 0 aliphatic rings. The van der Waals surface area contributed by atoms with Gasteiger partial charge in [-0.3, -0.25) is 0 Å². The Kier molecular flexibility index (Phi) is 5.75. The maximum atomic E-state index is 11.5. The molecular formula is C16H19NO3S. The summed E-state index contributed by atoms with van der Waals surface area (Å²) in [6.07, 6.45) is 2.11. The topological polar surface area (TPSA) is 48.4 Å². The Morgan fingerprint density at radius 1 is 1.24 bits per heavy atom. The van der Waals surface area contributed by atoms with E-state index in [2.05, 4.69) is 11.9 Å². The van der Waals surface area contributed by atoms with E-state index in [-0.39, 0.29) is 5.97 Å². The number of nitrogens with zero attached hydrogens (tertiary/aromatic N) is 1. The summed E-state index contributed by atoms with van der Waals surface area (Å²) in [6.45, 7) is 4.75. The van der Waals surface area contributed by atoms with Crippen LogP contribution < -0.4 is 4.74 Å². The van der Waals surface area contributed by atoms with Gasteiger partial charge in [-0.05, 0) is 44.0 Å². The van der Waals surface area contributed by atoms with Gasteiger partial charge in [0, 0.05) is 5.38 Å². The zero-order valence-corrected chi connectivity index (χ0v) is 13.1. The molecule has 0 aliphatic heterocycles. The van der Waals surface area contributed by atoms with Gasteiger partial charge in [-0.1, -0.05) is 6.92 Å². The molecule has 0 bridgehead atoms. The van der Waals surface area contributed by atoms with Gasteiger partial charge in [-0.2, -0.15) is 0 Å². The Bertz CT molecular complexity index is 577. The van der Waals surface area contributed by atoms with Crippen LogP contribution in [0.25, 0.3) is 0 Å². The van der Waals surface area contributed by atoms with Crippen LogP contribution in [-0.2, 0) is 17.8 Å². The lowest BCUT2D eigenvalue weighted by Crippen LogP contribution is -2.04. The summed E-state index contributed by atoms with van der Waals surface area (Å²) in [4.78, 5) is 16.0. The highest BCUT2D eigenvalue weighted by Gasteiger charge is 2.06. The standard InChI is InChI=1S/C16H19NO3S/c1-3-5-15-17-13(11-21-15)10-20-14-8-6-12(7-9-14)16(18)19-4-2/h6-9,11H,3-5,10H2,1-2H3. The van der Waals surface area contributed by atoms with Gasteiger partial charge >= 0.3 is 5.97 Å². The van der Waals surface area contributed by atoms with Crippen LogP contribution in [0.2, 0.25) is 0 Å². The normalized spacial score (nSPS) is 10.4. The fraction of sp³-hybridized carbons (Fsp3) is 0.375. The molecule has 2 aromatic rings. The largest absolute Gasteiger partial charge is 0.487 e. The smallest absolute Gasteiger partial charge is 0.338 e. The van der Waals surface area contributed by atoms with E-state index in [1.54, 1.807) is 42.5 Å². The lowest BCUT2D eigenvalue weighted by atomic mass is 10.2. The number of hydrogen-bond acceptors (Lipinski definition) is 5. The minimum Gasteiger partial charge on any atom is -0.487 e. The first-order valence-corrected chi connectivity index (χ1v) is 7.94. The van der Waals surface area contributed by atoms with Crippen molar-refractivity contribution in [1.29, 1.82) is 0 Å². The summed E-state index contributed by atoms with van der Waals surface area (Å²) in [5.74, 6) is 0.404. The predicted octanol–water partition coefficient (Wildman–Crippen LogP) is 3.85. The molecule has 0 aliphatic carbocycles. The van der Waals surface area contributed by atoms with Crippen molar-refractivity contribution < 1.29 is 14.3 Å². The number of aryl methyl sites for hydroxylation is 1. The third kappa shape index (κ3) is 4.56. The van der Waals surface area contributed by atoms with Gasteiger partial charge < -0.3 is 9.47 Å². The third-order valence-electron chi connectivity index (χ3n) is 2.82. The Labute approximate surface area is 128 Å². The first kappa shape index (κ1) is 15.5. The quantitative estimate of drug-likeness (QED) is 0.729. The van der Waals surface area contributed by atoms with E-state index >= 15 is 0 Å². The zero-order valence-electron chi connectivity index (χ0n) is 12.3. The molecule has 0 saturated heterocycles. The lowest BCUT2D eigenvalue weighted by Gasteiger charge is -2.05. The number of thiazole rings is 1. The van der Waals surface area contributed by atoms with Crippen LogP contribution >= 0.6 is 11.3 Å². The molecule has 112 valence electrons. The Morgan fingerprint density at radius 3 is 2.67 bits per heavy atom. The Balaban J connectivity index is 1.89. The molecule has 0 N–H and O–H groups in total. The van der Waals surface area contributed by atoms with E-state index in [9.17, 15) is 4.79 Å². The average Bonchev–Trinajstić information content (AvgIpc) is 2.94. The third-order valence-corrected chi connectivity index (χ3v) is 3.77. The summed E-state index contributed by atoms with van der Waals surface area (Å²) in [6, 6.07) is 6.95. The van der Waals surface area contributed by atoms with Gasteiger partial charge in [0.05, 0.1) is 22.9 Å². The highest BCUT2D eigenvalue weighted by molar-refractivity contribution is 7.09. The number of ether oxygens (including phenoxy) is 2. The minimum absolute atomic E-state index is 0.312. The summed E-state index contributed by atoms with van der Waals surface area (Å²) in [5, 5.41) is 3.17. The van der Waals surface area contributed by atoms with E-state index in [1.165, 1.54) is 0 Å². The van der Waals surface area contributed by atoms with Crippen molar-refractivity contribution in [3.63, 3.8) is 0 Å². The van der Waals surface area contributed by atoms with Crippen LogP contribution in [0.15, 0.2) is 29.6 Å². The number of hydrogen-bond donors (Lipinski definition) is 0. The van der Waals surface area contributed by atoms with Crippen molar-refractivity contribution in [3.05, 3.63) is 45.9 Å². The SMILES string of the molecule is CCCc1nc(COc2ccc(C(=O)OCC)cc2)cs1. The molecule has 1 heterocycles. The van der Waals surface area contributed by atoms with E-state index in [4.69, 9.17) is 9.47 Å². The highest BCUT2D eigenvalue weighted by Crippen LogP contribution is 2.17. The molecule has 1 aromatic heterocycles. The van der Waals surface area contributed by atoms with Crippen molar-refractivity contribution >= 4 is 17.3 Å². The first-order valence-electron chi connectivity index (χ1n) is 7.06. The molecule has 4 nitrogen and oxygen atoms in total. The summed E-state index contributed by atoms with van der Waals surface area (Å²) >= 11 is 1.67. The van der Waals surface area contributed by atoms with Crippen molar-refractivity contribution in [1.82, 2.24) is 4.98 Å². The average molecular weight is 305 g/mol.